The van der Waals surface area contributed by atoms with Crippen LogP contribution < -0.4 is 0 Å². The van der Waals surface area contributed by atoms with Gasteiger partial charge in [0.15, 0.2) is 0 Å². The summed E-state index contributed by atoms with van der Waals surface area (Å²) in [7, 11) is 0. The van der Waals surface area contributed by atoms with Gasteiger partial charge in [-0.15, -0.1) is 0 Å². The Morgan fingerprint density at radius 1 is 0.708 bits per heavy atom. The van der Waals surface area contributed by atoms with Gasteiger partial charge in [0, 0.05) is 0 Å². The Bertz CT molecular complexity index is 430. The highest BCUT2D eigenvalue weighted by atomic mass is 16.3. The van der Waals surface area contributed by atoms with Gasteiger partial charge in [-0.3, -0.25) is 0 Å². The number of aliphatic hydroxyl groups is 2. The number of aliphatic hydroxyl groups excluding tert-OH is 2. The molecule has 4 fully saturated rings. The van der Waals surface area contributed by atoms with Gasteiger partial charge in [0.2, 0.25) is 0 Å². The van der Waals surface area contributed by atoms with Crippen LogP contribution in [-0.2, 0) is 4.79 Å². The molecular weight excluding hydrogens is 300 g/mol. The Kier molecular flexibility index (Phi) is 5.05. The SMILES string of the molecule is C=O.CC1(C)[C@@H]2CC[C@]1(C)[C@@H](O)C2.CC1(C)[C@@H]2CC[C@]1(C)[C@@H](O)C2. The van der Waals surface area contributed by atoms with E-state index in [9.17, 15) is 10.2 Å². The Hall–Kier alpha value is -0.410. The molecule has 4 rings (SSSR count). The normalized spacial score (nSPS) is 49.2. The lowest BCUT2D eigenvalue weighted by Gasteiger charge is -2.36. The van der Waals surface area contributed by atoms with Crippen molar-refractivity contribution in [2.45, 2.75) is 92.3 Å². The van der Waals surface area contributed by atoms with E-state index in [1.807, 2.05) is 6.79 Å². The number of carbonyl (C=O) groups excluding carboxylic acids is 1. The highest BCUT2D eigenvalue weighted by molar-refractivity contribution is 5.11. The first-order valence-corrected chi connectivity index (χ1v) is 9.62. The van der Waals surface area contributed by atoms with Crippen LogP contribution in [0.4, 0.5) is 0 Å². The maximum atomic E-state index is 9.81. The fourth-order valence-electron chi connectivity index (χ4n) is 6.32. The monoisotopic (exact) mass is 338 g/mol. The molecule has 24 heavy (non-hydrogen) atoms. The highest BCUT2D eigenvalue weighted by Crippen LogP contribution is 2.66. The van der Waals surface area contributed by atoms with Crippen LogP contribution >= 0.6 is 0 Å². The predicted octanol–water partition coefficient (Wildman–Crippen LogP) is 4.20. The molecule has 0 heterocycles. The van der Waals surface area contributed by atoms with Crippen LogP contribution in [0.2, 0.25) is 0 Å². The zero-order valence-corrected chi connectivity index (χ0v) is 16.6. The lowest BCUT2D eigenvalue weighted by Crippen LogP contribution is -2.35. The second-order valence-electron chi connectivity index (χ2n) is 10.3. The molecule has 4 saturated carbocycles. The van der Waals surface area contributed by atoms with Crippen LogP contribution in [-0.4, -0.2) is 29.2 Å². The van der Waals surface area contributed by atoms with Crippen molar-refractivity contribution >= 4 is 6.79 Å². The minimum atomic E-state index is -0.0313. The molecule has 6 atom stereocenters. The smallest absolute Gasteiger partial charge is 0.106 e. The van der Waals surface area contributed by atoms with Gasteiger partial charge >= 0.3 is 0 Å². The van der Waals surface area contributed by atoms with Crippen molar-refractivity contribution < 1.29 is 15.0 Å². The van der Waals surface area contributed by atoms with E-state index >= 15 is 0 Å². The molecule has 0 saturated heterocycles. The summed E-state index contributed by atoms with van der Waals surface area (Å²) in [5.74, 6) is 1.56. The Morgan fingerprint density at radius 2 is 1.00 bits per heavy atom. The minimum Gasteiger partial charge on any atom is -0.393 e. The zero-order chi connectivity index (χ0) is 18.6. The van der Waals surface area contributed by atoms with Crippen LogP contribution in [0.25, 0.3) is 0 Å². The van der Waals surface area contributed by atoms with Crippen molar-refractivity contribution in [2.24, 2.45) is 33.5 Å². The van der Waals surface area contributed by atoms with Crippen LogP contribution in [0.3, 0.4) is 0 Å². The van der Waals surface area contributed by atoms with Crippen LogP contribution in [0, 0.1) is 33.5 Å². The van der Waals surface area contributed by atoms with Gasteiger partial charge in [0.25, 0.3) is 0 Å². The molecule has 0 amide bonds. The van der Waals surface area contributed by atoms with Gasteiger partial charge in [-0.25, -0.2) is 0 Å². The fourth-order valence-corrected chi connectivity index (χ4v) is 6.32. The molecule has 140 valence electrons. The lowest BCUT2D eigenvalue weighted by atomic mass is 9.70. The third kappa shape index (κ3) is 2.41. The zero-order valence-electron chi connectivity index (χ0n) is 16.6. The number of carbonyl (C=O) groups is 1. The summed E-state index contributed by atoms with van der Waals surface area (Å²) in [5, 5.41) is 19.6. The van der Waals surface area contributed by atoms with E-state index in [0.29, 0.717) is 10.8 Å². The molecule has 0 aromatic carbocycles. The summed E-state index contributed by atoms with van der Waals surface area (Å²) in [6, 6.07) is 0. The largest absolute Gasteiger partial charge is 0.393 e. The molecule has 4 bridgehead atoms. The van der Waals surface area contributed by atoms with Gasteiger partial charge in [-0.05, 0) is 72.0 Å². The lowest BCUT2D eigenvalue weighted by molar-refractivity contribution is -0.0980. The molecular formula is C21H38O3. The topological polar surface area (TPSA) is 57.5 Å². The minimum absolute atomic E-state index is 0.0313. The third-order valence-corrected chi connectivity index (χ3v) is 9.50. The maximum absolute atomic E-state index is 9.81. The Balaban J connectivity index is 0.000000158. The van der Waals surface area contributed by atoms with Crippen molar-refractivity contribution in [3.8, 4) is 0 Å². The Labute approximate surface area is 148 Å². The first-order valence-electron chi connectivity index (χ1n) is 9.62. The highest BCUT2D eigenvalue weighted by Gasteiger charge is 2.61. The average molecular weight is 339 g/mol. The summed E-state index contributed by atoms with van der Waals surface area (Å²) in [6.45, 7) is 15.8. The van der Waals surface area contributed by atoms with Gasteiger partial charge < -0.3 is 15.0 Å². The van der Waals surface area contributed by atoms with Crippen molar-refractivity contribution in [1.82, 2.24) is 0 Å². The standard InChI is InChI=1S/2C10H18O.CH2O/c2*1-9(2)7-4-5-10(9,3)8(11)6-7;1-2/h2*7-8,11H,4-6H2,1-3H3;1H2/t2*7-,8+,10-;/m11./s1. The second-order valence-corrected chi connectivity index (χ2v) is 10.3. The van der Waals surface area contributed by atoms with E-state index < -0.39 is 0 Å². The third-order valence-electron chi connectivity index (χ3n) is 9.50. The molecule has 0 radical (unpaired) electrons. The number of hydrogen-bond acceptors (Lipinski definition) is 3. The number of fused-ring (bicyclic) bond motifs is 4. The van der Waals surface area contributed by atoms with E-state index in [1.54, 1.807) is 0 Å². The van der Waals surface area contributed by atoms with Crippen molar-refractivity contribution in [3.05, 3.63) is 0 Å². The van der Waals surface area contributed by atoms with E-state index in [1.165, 1.54) is 25.7 Å². The molecule has 3 nitrogen and oxygen atoms in total. The molecule has 0 aromatic heterocycles. The first kappa shape index (κ1) is 19.9. The quantitative estimate of drug-likeness (QED) is 0.696. The molecule has 0 spiro atoms. The van der Waals surface area contributed by atoms with E-state index in [4.69, 9.17) is 4.79 Å². The molecule has 4 aliphatic carbocycles. The first-order chi connectivity index (χ1) is 11.0. The molecule has 2 N–H and O–H groups in total. The van der Waals surface area contributed by atoms with E-state index in [-0.39, 0.29) is 23.0 Å². The average Bonchev–Trinajstić information content (AvgIpc) is 3.02. The van der Waals surface area contributed by atoms with Crippen molar-refractivity contribution in [2.75, 3.05) is 0 Å². The molecule has 4 aliphatic rings. The van der Waals surface area contributed by atoms with E-state index in [0.717, 1.165) is 24.7 Å². The maximum Gasteiger partial charge on any atom is 0.106 e. The van der Waals surface area contributed by atoms with Gasteiger partial charge in [0.05, 0.1) is 12.2 Å². The number of hydrogen-bond donors (Lipinski definition) is 2. The molecule has 0 aromatic rings. The molecule has 0 aliphatic heterocycles. The Morgan fingerprint density at radius 3 is 1.08 bits per heavy atom. The van der Waals surface area contributed by atoms with Gasteiger partial charge in [-0.2, -0.15) is 0 Å². The van der Waals surface area contributed by atoms with Crippen LogP contribution in [0.15, 0.2) is 0 Å². The van der Waals surface area contributed by atoms with Gasteiger partial charge in [-0.1, -0.05) is 41.5 Å². The van der Waals surface area contributed by atoms with E-state index in [2.05, 4.69) is 41.5 Å². The summed E-state index contributed by atoms with van der Waals surface area (Å²) in [4.78, 5) is 8.00. The summed E-state index contributed by atoms with van der Waals surface area (Å²) in [6.07, 6.45) is 7.15. The molecule has 0 unspecified atom stereocenters. The van der Waals surface area contributed by atoms with Crippen LogP contribution in [0.1, 0.15) is 80.1 Å². The fraction of sp³-hybridized carbons (Fsp3) is 0.952. The van der Waals surface area contributed by atoms with Crippen molar-refractivity contribution in [1.29, 1.82) is 0 Å². The van der Waals surface area contributed by atoms with Crippen LogP contribution in [0.5, 0.6) is 0 Å². The second kappa shape index (κ2) is 6.09. The predicted molar refractivity (Wildman–Crippen MR) is 97.6 cm³/mol. The summed E-state index contributed by atoms with van der Waals surface area (Å²) in [5.41, 5.74) is 1.20. The summed E-state index contributed by atoms with van der Waals surface area (Å²) >= 11 is 0. The molecule has 3 heteroatoms. The summed E-state index contributed by atoms with van der Waals surface area (Å²) < 4.78 is 0. The number of rotatable bonds is 0. The van der Waals surface area contributed by atoms with Gasteiger partial charge in [0.1, 0.15) is 6.79 Å². The van der Waals surface area contributed by atoms with Crippen molar-refractivity contribution in [3.63, 3.8) is 0 Å².